The van der Waals surface area contributed by atoms with Gasteiger partial charge in [0, 0.05) is 16.7 Å². The van der Waals surface area contributed by atoms with Crippen molar-refractivity contribution < 1.29 is 13.2 Å². The lowest BCUT2D eigenvalue weighted by Gasteiger charge is -2.09. The Morgan fingerprint density at radius 1 is 1.40 bits per heavy atom. The molecule has 0 fully saturated rings. The van der Waals surface area contributed by atoms with Crippen molar-refractivity contribution >= 4 is 15.9 Å². The van der Waals surface area contributed by atoms with Crippen molar-refractivity contribution in [2.45, 2.75) is 19.6 Å². The Labute approximate surface area is 94.0 Å². The van der Waals surface area contributed by atoms with Gasteiger partial charge in [-0.25, -0.2) is 0 Å². The van der Waals surface area contributed by atoms with Gasteiger partial charge >= 0.3 is 6.18 Å². The standard InChI is InChI=1S/C9H10BrF3N2/c1-6-2-3-7(10)8(15-6)4-14-5-9(11,12)13/h2-3,14H,4-5H2,1H3. The minimum Gasteiger partial charge on any atom is -0.303 e. The second-order valence-corrected chi connectivity index (χ2v) is 3.95. The Bertz CT molecular complexity index is 339. The molecule has 2 nitrogen and oxygen atoms in total. The summed E-state index contributed by atoms with van der Waals surface area (Å²) in [5.41, 5.74) is 1.36. The number of pyridine rings is 1. The molecule has 1 heterocycles. The molecule has 1 aromatic rings. The van der Waals surface area contributed by atoms with Crippen molar-refractivity contribution in [2.75, 3.05) is 6.54 Å². The van der Waals surface area contributed by atoms with Crippen LogP contribution in [-0.2, 0) is 6.54 Å². The molecule has 1 aromatic heterocycles. The maximum atomic E-state index is 11.8. The van der Waals surface area contributed by atoms with Crippen LogP contribution in [0.4, 0.5) is 13.2 Å². The summed E-state index contributed by atoms with van der Waals surface area (Å²) in [4.78, 5) is 4.12. The van der Waals surface area contributed by atoms with Crippen LogP contribution in [-0.4, -0.2) is 17.7 Å². The van der Waals surface area contributed by atoms with Gasteiger partial charge in [-0.05, 0) is 35.0 Å². The van der Waals surface area contributed by atoms with Gasteiger partial charge in [0.15, 0.2) is 0 Å². The second-order valence-electron chi connectivity index (χ2n) is 3.10. The lowest BCUT2D eigenvalue weighted by molar-refractivity contribution is -0.125. The van der Waals surface area contributed by atoms with Gasteiger partial charge in [-0.3, -0.25) is 4.98 Å². The summed E-state index contributed by atoms with van der Waals surface area (Å²) in [5, 5.41) is 2.29. The van der Waals surface area contributed by atoms with Crippen LogP contribution < -0.4 is 5.32 Å². The summed E-state index contributed by atoms with van der Waals surface area (Å²) < 4.78 is 36.2. The number of nitrogens with one attached hydrogen (secondary N) is 1. The van der Waals surface area contributed by atoms with E-state index in [1.165, 1.54) is 0 Å². The van der Waals surface area contributed by atoms with E-state index in [2.05, 4.69) is 26.2 Å². The maximum Gasteiger partial charge on any atom is 0.401 e. The van der Waals surface area contributed by atoms with Crippen LogP contribution in [0.3, 0.4) is 0 Å². The van der Waals surface area contributed by atoms with E-state index in [0.29, 0.717) is 10.2 Å². The lowest BCUT2D eigenvalue weighted by Crippen LogP contribution is -2.28. The predicted octanol–water partition coefficient (Wildman–Crippen LogP) is 2.80. The highest BCUT2D eigenvalue weighted by atomic mass is 79.9. The average molecular weight is 283 g/mol. The molecule has 0 amide bonds. The van der Waals surface area contributed by atoms with Crippen LogP contribution in [0.25, 0.3) is 0 Å². The van der Waals surface area contributed by atoms with Gasteiger partial charge < -0.3 is 5.32 Å². The molecule has 15 heavy (non-hydrogen) atoms. The molecule has 84 valence electrons. The molecule has 0 aliphatic carbocycles. The molecule has 0 bridgehead atoms. The predicted molar refractivity (Wildman–Crippen MR) is 54.4 cm³/mol. The third-order valence-corrected chi connectivity index (χ3v) is 2.40. The largest absolute Gasteiger partial charge is 0.401 e. The van der Waals surface area contributed by atoms with Crippen molar-refractivity contribution in [1.82, 2.24) is 10.3 Å². The summed E-state index contributed by atoms with van der Waals surface area (Å²) in [7, 11) is 0. The summed E-state index contributed by atoms with van der Waals surface area (Å²) in [6, 6.07) is 3.56. The first-order valence-corrected chi connectivity index (χ1v) is 5.07. The number of nitrogens with zero attached hydrogens (tertiary/aromatic N) is 1. The first-order valence-electron chi connectivity index (χ1n) is 4.28. The summed E-state index contributed by atoms with van der Waals surface area (Å²) in [5.74, 6) is 0. The molecule has 0 aliphatic heterocycles. The van der Waals surface area contributed by atoms with E-state index in [1.54, 1.807) is 19.1 Å². The van der Waals surface area contributed by atoms with Crippen molar-refractivity contribution in [3.63, 3.8) is 0 Å². The van der Waals surface area contributed by atoms with E-state index in [1.807, 2.05) is 0 Å². The van der Waals surface area contributed by atoms with E-state index in [4.69, 9.17) is 0 Å². The first kappa shape index (κ1) is 12.4. The van der Waals surface area contributed by atoms with Crippen molar-refractivity contribution in [1.29, 1.82) is 0 Å². The molecule has 0 aliphatic rings. The topological polar surface area (TPSA) is 24.9 Å². The van der Waals surface area contributed by atoms with E-state index >= 15 is 0 Å². The van der Waals surface area contributed by atoms with Crippen LogP contribution in [0.2, 0.25) is 0 Å². The Hall–Kier alpha value is -0.620. The zero-order chi connectivity index (χ0) is 11.5. The van der Waals surface area contributed by atoms with Gasteiger partial charge in [0.2, 0.25) is 0 Å². The van der Waals surface area contributed by atoms with Gasteiger partial charge in [-0.2, -0.15) is 13.2 Å². The van der Waals surface area contributed by atoms with Gasteiger partial charge in [0.25, 0.3) is 0 Å². The molecule has 0 saturated carbocycles. The molecule has 0 spiro atoms. The van der Waals surface area contributed by atoms with E-state index < -0.39 is 12.7 Å². The van der Waals surface area contributed by atoms with E-state index in [9.17, 15) is 13.2 Å². The number of rotatable bonds is 3. The Morgan fingerprint density at radius 2 is 2.07 bits per heavy atom. The summed E-state index contributed by atoms with van der Waals surface area (Å²) in [6.07, 6.45) is -4.18. The highest BCUT2D eigenvalue weighted by Gasteiger charge is 2.26. The maximum absolute atomic E-state index is 11.8. The molecule has 0 atom stereocenters. The zero-order valence-electron chi connectivity index (χ0n) is 8.03. The van der Waals surface area contributed by atoms with E-state index in [-0.39, 0.29) is 6.54 Å². The van der Waals surface area contributed by atoms with Gasteiger partial charge in [-0.15, -0.1) is 0 Å². The van der Waals surface area contributed by atoms with Crippen molar-refractivity contribution in [3.05, 3.63) is 28.0 Å². The third-order valence-electron chi connectivity index (χ3n) is 1.68. The Kier molecular flexibility index (Phi) is 4.10. The SMILES string of the molecule is Cc1ccc(Br)c(CNCC(F)(F)F)n1. The lowest BCUT2D eigenvalue weighted by atomic mass is 10.3. The van der Waals surface area contributed by atoms with Crippen LogP contribution >= 0.6 is 15.9 Å². The summed E-state index contributed by atoms with van der Waals surface area (Å²) in [6.45, 7) is 0.885. The highest BCUT2D eigenvalue weighted by Crippen LogP contribution is 2.16. The number of alkyl halides is 3. The van der Waals surface area contributed by atoms with Crippen LogP contribution in [0.15, 0.2) is 16.6 Å². The summed E-state index contributed by atoms with van der Waals surface area (Å²) >= 11 is 3.23. The third kappa shape index (κ3) is 4.61. The van der Waals surface area contributed by atoms with E-state index in [0.717, 1.165) is 5.69 Å². The molecule has 0 aromatic carbocycles. The minimum atomic E-state index is -4.18. The Balaban J connectivity index is 2.54. The molecule has 1 rings (SSSR count). The minimum absolute atomic E-state index is 0.0990. The molecule has 0 saturated heterocycles. The molecule has 1 N–H and O–H groups in total. The number of hydrogen-bond donors (Lipinski definition) is 1. The fourth-order valence-electron chi connectivity index (χ4n) is 1.04. The first-order chi connectivity index (χ1) is 6.88. The molecule has 0 unspecified atom stereocenters. The van der Waals surface area contributed by atoms with Crippen LogP contribution in [0.5, 0.6) is 0 Å². The van der Waals surface area contributed by atoms with Crippen molar-refractivity contribution in [2.24, 2.45) is 0 Å². The van der Waals surface area contributed by atoms with Gasteiger partial charge in [-0.1, -0.05) is 0 Å². The highest BCUT2D eigenvalue weighted by molar-refractivity contribution is 9.10. The monoisotopic (exact) mass is 282 g/mol. The molecule has 0 radical (unpaired) electrons. The number of aryl methyl sites for hydroxylation is 1. The normalized spacial score (nSPS) is 11.8. The number of hydrogen-bond acceptors (Lipinski definition) is 2. The zero-order valence-corrected chi connectivity index (χ0v) is 9.61. The fraction of sp³-hybridized carbons (Fsp3) is 0.444. The molecular weight excluding hydrogens is 273 g/mol. The molecular formula is C9H10BrF3N2. The van der Waals surface area contributed by atoms with Crippen molar-refractivity contribution in [3.8, 4) is 0 Å². The smallest absolute Gasteiger partial charge is 0.303 e. The fourth-order valence-corrected chi connectivity index (χ4v) is 1.40. The van der Waals surface area contributed by atoms with Crippen LogP contribution in [0, 0.1) is 6.92 Å². The van der Waals surface area contributed by atoms with Gasteiger partial charge in [0.1, 0.15) is 0 Å². The van der Waals surface area contributed by atoms with Gasteiger partial charge in [0.05, 0.1) is 12.2 Å². The number of aromatic nitrogens is 1. The number of halogens is 4. The quantitative estimate of drug-likeness (QED) is 0.922. The molecule has 6 heteroatoms. The van der Waals surface area contributed by atoms with Crippen LogP contribution in [0.1, 0.15) is 11.4 Å². The Morgan fingerprint density at radius 3 is 2.67 bits per heavy atom. The average Bonchev–Trinajstić information content (AvgIpc) is 2.09. The second kappa shape index (κ2) is 4.94.